The van der Waals surface area contributed by atoms with Gasteiger partial charge in [-0.15, -0.1) is 4.40 Å². The third kappa shape index (κ3) is 4.19. The van der Waals surface area contributed by atoms with Gasteiger partial charge in [0.15, 0.2) is 5.84 Å². The van der Waals surface area contributed by atoms with Crippen LogP contribution in [0.3, 0.4) is 0 Å². The van der Waals surface area contributed by atoms with E-state index in [4.69, 9.17) is 0 Å². The van der Waals surface area contributed by atoms with E-state index in [1.54, 1.807) is 23.1 Å². The van der Waals surface area contributed by atoms with Crippen molar-refractivity contribution in [3.63, 3.8) is 0 Å². The molecule has 3 aliphatic heterocycles. The Morgan fingerprint density at radius 1 is 1.24 bits per heavy atom. The van der Waals surface area contributed by atoms with E-state index in [-0.39, 0.29) is 16.8 Å². The van der Waals surface area contributed by atoms with Crippen LogP contribution in [0.1, 0.15) is 51.0 Å². The standard InChI is InChI=1S/C21H30N4O3S/c1-16-8-4-5-13-24(16)14-7-12-22-21(26)18-10-6-15-25(18)20-17-9-2-3-11-19(17)29(27,28)23-20/h2-3,9,11,16,18H,4-8,10,12-15H2,1H3,(H,22,26)/p+1/t16-,18-/m0/s1. The lowest BCUT2D eigenvalue weighted by molar-refractivity contribution is -0.928. The molecule has 2 N–H and O–H groups in total. The average molecular weight is 420 g/mol. The molecule has 7 nitrogen and oxygen atoms in total. The molecule has 1 unspecified atom stereocenters. The number of hydrogen-bond acceptors (Lipinski definition) is 4. The third-order valence-corrected chi connectivity index (χ3v) is 7.82. The molecule has 1 aromatic rings. The smallest absolute Gasteiger partial charge is 0.285 e. The number of piperidine rings is 1. The first-order valence-corrected chi connectivity index (χ1v) is 12.2. The predicted octanol–water partition coefficient (Wildman–Crippen LogP) is 0.564. The van der Waals surface area contributed by atoms with Crippen molar-refractivity contribution in [3.8, 4) is 0 Å². The molecule has 0 bridgehead atoms. The van der Waals surface area contributed by atoms with Gasteiger partial charge in [0.05, 0.1) is 19.1 Å². The van der Waals surface area contributed by atoms with Crippen LogP contribution in [-0.2, 0) is 14.8 Å². The zero-order valence-electron chi connectivity index (χ0n) is 17.1. The normalized spacial score (nSPS) is 28.1. The number of nitrogens with one attached hydrogen (secondary N) is 2. The Balaban J connectivity index is 1.36. The van der Waals surface area contributed by atoms with Gasteiger partial charge in [-0.05, 0) is 51.2 Å². The highest BCUT2D eigenvalue weighted by Crippen LogP contribution is 2.31. The van der Waals surface area contributed by atoms with E-state index in [0.717, 1.165) is 25.8 Å². The first-order chi connectivity index (χ1) is 14.0. The molecular weight excluding hydrogens is 388 g/mol. The summed E-state index contributed by atoms with van der Waals surface area (Å²) in [4.78, 5) is 16.6. The summed E-state index contributed by atoms with van der Waals surface area (Å²) < 4.78 is 28.7. The Morgan fingerprint density at radius 3 is 2.90 bits per heavy atom. The van der Waals surface area contributed by atoms with Gasteiger partial charge in [0.25, 0.3) is 10.0 Å². The maximum Gasteiger partial charge on any atom is 0.285 e. The van der Waals surface area contributed by atoms with Crippen molar-refractivity contribution in [2.75, 3.05) is 26.2 Å². The van der Waals surface area contributed by atoms with Crippen molar-refractivity contribution < 1.29 is 18.1 Å². The van der Waals surface area contributed by atoms with Crippen molar-refractivity contribution in [2.24, 2.45) is 4.40 Å². The van der Waals surface area contributed by atoms with E-state index in [0.29, 0.717) is 30.5 Å². The molecule has 0 spiro atoms. The van der Waals surface area contributed by atoms with Crippen molar-refractivity contribution in [1.82, 2.24) is 10.2 Å². The summed E-state index contributed by atoms with van der Waals surface area (Å²) in [6, 6.07) is 7.23. The lowest BCUT2D eigenvalue weighted by atomic mass is 10.0. The van der Waals surface area contributed by atoms with Gasteiger partial charge >= 0.3 is 0 Å². The number of amidine groups is 1. The van der Waals surface area contributed by atoms with Crippen molar-refractivity contribution >= 4 is 21.8 Å². The summed E-state index contributed by atoms with van der Waals surface area (Å²) in [6.07, 6.45) is 6.48. The second-order valence-corrected chi connectivity index (χ2v) is 10.0. The first-order valence-electron chi connectivity index (χ1n) is 10.8. The number of nitrogens with zero attached hydrogens (tertiary/aromatic N) is 2. The molecule has 4 rings (SSSR count). The zero-order chi connectivity index (χ0) is 20.4. The van der Waals surface area contributed by atoms with Crippen LogP contribution in [0.15, 0.2) is 33.6 Å². The number of amides is 1. The fraction of sp³-hybridized carbons (Fsp3) is 0.619. The van der Waals surface area contributed by atoms with Gasteiger partial charge in [0, 0.05) is 25.1 Å². The average Bonchev–Trinajstić information content (AvgIpc) is 3.29. The molecule has 3 heterocycles. The second-order valence-electron chi connectivity index (χ2n) is 8.44. The number of quaternary nitrogens is 1. The van der Waals surface area contributed by atoms with Crippen LogP contribution in [-0.4, -0.2) is 63.3 Å². The van der Waals surface area contributed by atoms with Gasteiger partial charge in [0.1, 0.15) is 10.9 Å². The molecule has 2 fully saturated rings. The summed E-state index contributed by atoms with van der Waals surface area (Å²) in [5.41, 5.74) is 0.606. The van der Waals surface area contributed by atoms with Crippen LogP contribution in [0, 0.1) is 0 Å². The Hall–Kier alpha value is -1.93. The maximum absolute atomic E-state index is 12.8. The van der Waals surface area contributed by atoms with E-state index in [2.05, 4.69) is 16.6 Å². The van der Waals surface area contributed by atoms with Crippen molar-refractivity contribution in [3.05, 3.63) is 29.8 Å². The quantitative estimate of drug-likeness (QED) is 0.684. The Morgan fingerprint density at radius 2 is 2.07 bits per heavy atom. The number of carbonyl (C=O) groups excluding carboxylic acids is 1. The van der Waals surface area contributed by atoms with Crippen molar-refractivity contribution in [1.29, 1.82) is 0 Å². The molecule has 8 heteroatoms. The van der Waals surface area contributed by atoms with Crippen LogP contribution in [0.5, 0.6) is 0 Å². The SMILES string of the molecule is C[C@H]1CCCC[NH+]1CCCNC(=O)[C@@H]1CCCN1C1=NS(=O)(=O)c2ccccc21. The topological polar surface area (TPSA) is 83.3 Å². The van der Waals surface area contributed by atoms with Crippen LogP contribution in [0.4, 0.5) is 0 Å². The van der Waals surface area contributed by atoms with E-state index < -0.39 is 10.0 Å². The maximum atomic E-state index is 12.8. The van der Waals surface area contributed by atoms with Crippen LogP contribution >= 0.6 is 0 Å². The third-order valence-electron chi connectivity index (χ3n) is 6.50. The molecule has 0 aliphatic carbocycles. The molecule has 1 amide bonds. The van der Waals surface area contributed by atoms with Crippen LogP contribution in [0.25, 0.3) is 0 Å². The molecular formula is C21H31N4O3S+. The first kappa shape index (κ1) is 20.3. The number of hydrogen-bond donors (Lipinski definition) is 2. The van der Waals surface area contributed by atoms with Gasteiger partial charge in [-0.25, -0.2) is 0 Å². The Labute approximate surface area is 173 Å². The largest absolute Gasteiger partial charge is 0.354 e. The lowest BCUT2D eigenvalue weighted by Crippen LogP contribution is -3.16. The molecule has 158 valence electrons. The number of benzene rings is 1. The fourth-order valence-electron chi connectivity index (χ4n) is 4.86. The zero-order valence-corrected chi connectivity index (χ0v) is 17.9. The van der Waals surface area contributed by atoms with Gasteiger partial charge in [0.2, 0.25) is 5.91 Å². The minimum absolute atomic E-state index is 0.0197. The molecule has 1 aromatic carbocycles. The number of likely N-dealkylation sites (tertiary alicyclic amines) is 2. The highest BCUT2D eigenvalue weighted by molar-refractivity contribution is 7.90. The van der Waals surface area contributed by atoms with Crippen LogP contribution in [0.2, 0.25) is 0 Å². The molecule has 29 heavy (non-hydrogen) atoms. The summed E-state index contributed by atoms with van der Waals surface area (Å²) in [5, 5.41) is 3.08. The predicted molar refractivity (Wildman–Crippen MR) is 112 cm³/mol. The monoisotopic (exact) mass is 419 g/mol. The van der Waals surface area contributed by atoms with E-state index in [1.165, 1.54) is 25.8 Å². The number of carbonyl (C=O) groups is 1. The molecule has 3 atom stereocenters. The summed E-state index contributed by atoms with van der Waals surface area (Å²) in [7, 11) is -3.67. The van der Waals surface area contributed by atoms with E-state index in [1.807, 2.05) is 11.0 Å². The van der Waals surface area contributed by atoms with Crippen molar-refractivity contribution in [2.45, 2.75) is 62.4 Å². The van der Waals surface area contributed by atoms with Gasteiger partial charge in [-0.1, -0.05) is 12.1 Å². The van der Waals surface area contributed by atoms with Crippen LogP contribution < -0.4 is 10.2 Å². The Bertz CT molecular complexity index is 899. The Kier molecular flexibility index (Phi) is 5.92. The second kappa shape index (κ2) is 8.44. The minimum Gasteiger partial charge on any atom is -0.354 e. The highest BCUT2D eigenvalue weighted by Gasteiger charge is 2.39. The van der Waals surface area contributed by atoms with Gasteiger partial charge < -0.3 is 15.1 Å². The van der Waals surface area contributed by atoms with E-state index >= 15 is 0 Å². The molecule has 0 aromatic heterocycles. The minimum atomic E-state index is -3.67. The number of sulfonamides is 1. The fourth-order valence-corrected chi connectivity index (χ4v) is 6.07. The molecule has 0 saturated carbocycles. The van der Waals surface area contributed by atoms with E-state index in [9.17, 15) is 13.2 Å². The number of rotatable bonds is 5. The molecule has 2 saturated heterocycles. The number of fused-ring (bicyclic) bond motifs is 1. The lowest BCUT2D eigenvalue weighted by Gasteiger charge is -2.30. The molecule has 3 aliphatic rings. The summed E-state index contributed by atoms with van der Waals surface area (Å²) in [5.74, 6) is 0.401. The van der Waals surface area contributed by atoms with Gasteiger partial charge in [-0.3, -0.25) is 4.79 Å². The highest BCUT2D eigenvalue weighted by atomic mass is 32.2. The summed E-state index contributed by atoms with van der Waals surface area (Å²) in [6.45, 7) is 5.96. The molecule has 0 radical (unpaired) electrons. The van der Waals surface area contributed by atoms with Gasteiger partial charge in [-0.2, -0.15) is 8.42 Å². The summed E-state index contributed by atoms with van der Waals surface area (Å²) >= 11 is 0.